The Labute approximate surface area is 136 Å². The summed E-state index contributed by atoms with van der Waals surface area (Å²) in [6.07, 6.45) is -3.09. The first-order valence-electron chi connectivity index (χ1n) is 7.25. The van der Waals surface area contributed by atoms with E-state index in [0.29, 0.717) is 6.42 Å². The van der Waals surface area contributed by atoms with Crippen LogP contribution in [0, 0.1) is 11.7 Å². The molecular formula is C16H16F4N2O2. The normalized spacial score (nSPS) is 20.8. The largest absolute Gasteiger partial charge is 0.471 e. The second kappa shape index (κ2) is 7.02. The van der Waals surface area contributed by atoms with Crippen molar-refractivity contribution in [1.82, 2.24) is 10.2 Å². The van der Waals surface area contributed by atoms with Gasteiger partial charge in [-0.2, -0.15) is 13.2 Å². The monoisotopic (exact) mass is 344 g/mol. The average molecular weight is 344 g/mol. The highest BCUT2D eigenvalue weighted by molar-refractivity contribution is 5.94. The summed E-state index contributed by atoms with van der Waals surface area (Å²) < 4.78 is 50.2. The average Bonchev–Trinajstić information content (AvgIpc) is 2.90. The van der Waals surface area contributed by atoms with Crippen molar-refractivity contribution in [3.05, 3.63) is 48.3 Å². The lowest BCUT2D eigenvalue weighted by atomic mass is 10.00. The Morgan fingerprint density at radius 2 is 1.88 bits per heavy atom. The number of nitrogens with zero attached hydrogens (tertiary/aromatic N) is 1. The van der Waals surface area contributed by atoms with Gasteiger partial charge in [0.2, 0.25) is 0 Å². The second-order valence-electron chi connectivity index (χ2n) is 5.58. The molecule has 1 saturated heterocycles. The molecule has 1 N–H and O–H groups in total. The Morgan fingerprint density at radius 1 is 1.25 bits per heavy atom. The highest BCUT2D eigenvalue weighted by Crippen LogP contribution is 2.24. The Hall–Kier alpha value is -2.38. The Kier molecular flexibility index (Phi) is 5.26. The molecule has 0 bridgehead atoms. The molecule has 0 radical (unpaired) electrons. The number of halogens is 4. The molecule has 0 aromatic heterocycles. The first kappa shape index (κ1) is 18.0. The third-order valence-corrected chi connectivity index (χ3v) is 3.86. The summed E-state index contributed by atoms with van der Waals surface area (Å²) in [6, 6.07) is 4.06. The fraction of sp³-hybridized carbons (Fsp3) is 0.375. The number of carbonyl (C=O) groups is 2. The van der Waals surface area contributed by atoms with Crippen LogP contribution in [0.1, 0.15) is 16.8 Å². The quantitative estimate of drug-likeness (QED) is 0.674. The molecule has 0 saturated carbocycles. The molecule has 0 unspecified atom stereocenters. The van der Waals surface area contributed by atoms with Crippen molar-refractivity contribution in [2.24, 2.45) is 5.92 Å². The Morgan fingerprint density at radius 3 is 2.42 bits per heavy atom. The van der Waals surface area contributed by atoms with Crippen molar-refractivity contribution >= 4 is 11.8 Å². The fourth-order valence-electron chi connectivity index (χ4n) is 2.68. The van der Waals surface area contributed by atoms with E-state index in [1.54, 1.807) is 0 Å². The van der Waals surface area contributed by atoms with Crippen LogP contribution < -0.4 is 5.32 Å². The van der Waals surface area contributed by atoms with Crippen LogP contribution in [0.3, 0.4) is 0 Å². The van der Waals surface area contributed by atoms with Gasteiger partial charge in [-0.3, -0.25) is 9.59 Å². The van der Waals surface area contributed by atoms with E-state index in [1.807, 2.05) is 5.32 Å². The lowest BCUT2D eigenvalue weighted by Gasteiger charge is -2.19. The van der Waals surface area contributed by atoms with Gasteiger partial charge in [-0.25, -0.2) is 4.39 Å². The van der Waals surface area contributed by atoms with E-state index in [-0.39, 0.29) is 24.6 Å². The van der Waals surface area contributed by atoms with Crippen molar-refractivity contribution in [1.29, 1.82) is 0 Å². The van der Waals surface area contributed by atoms with Gasteiger partial charge in [-0.05, 0) is 30.7 Å². The van der Waals surface area contributed by atoms with E-state index < -0.39 is 29.8 Å². The lowest BCUT2D eigenvalue weighted by molar-refractivity contribution is -0.174. The summed E-state index contributed by atoms with van der Waals surface area (Å²) in [5.74, 6) is -3.31. The lowest BCUT2D eigenvalue weighted by Crippen LogP contribution is -2.46. The Balaban J connectivity index is 2.11. The SMILES string of the molecule is C=CC[C@H]1CN(C(=O)c2ccc(F)cc2)C[C@@H]1NC(=O)C(F)(F)F. The Bertz CT molecular complexity index is 628. The van der Waals surface area contributed by atoms with Crippen LogP contribution in [0.15, 0.2) is 36.9 Å². The van der Waals surface area contributed by atoms with E-state index in [9.17, 15) is 27.2 Å². The van der Waals surface area contributed by atoms with E-state index in [4.69, 9.17) is 0 Å². The van der Waals surface area contributed by atoms with Gasteiger partial charge in [0.25, 0.3) is 5.91 Å². The molecule has 2 rings (SSSR count). The predicted octanol–water partition coefficient (Wildman–Crippen LogP) is 2.52. The van der Waals surface area contributed by atoms with Crippen molar-refractivity contribution in [3.8, 4) is 0 Å². The molecule has 1 heterocycles. The van der Waals surface area contributed by atoms with Crippen LogP contribution in [-0.4, -0.2) is 42.0 Å². The van der Waals surface area contributed by atoms with Gasteiger partial charge in [-0.1, -0.05) is 6.08 Å². The highest BCUT2D eigenvalue weighted by atomic mass is 19.4. The fourth-order valence-corrected chi connectivity index (χ4v) is 2.68. The molecule has 2 amide bonds. The minimum atomic E-state index is -4.98. The van der Waals surface area contributed by atoms with E-state index in [1.165, 1.54) is 23.1 Å². The van der Waals surface area contributed by atoms with Gasteiger partial charge in [-0.15, -0.1) is 6.58 Å². The number of carbonyl (C=O) groups excluding carboxylic acids is 2. The zero-order valence-corrected chi connectivity index (χ0v) is 12.6. The van der Waals surface area contributed by atoms with Gasteiger partial charge >= 0.3 is 12.1 Å². The van der Waals surface area contributed by atoms with Crippen LogP contribution in [-0.2, 0) is 4.79 Å². The minimum absolute atomic E-state index is 0.0451. The maximum atomic E-state index is 12.9. The molecule has 1 aromatic carbocycles. The number of alkyl halides is 3. The van der Waals surface area contributed by atoms with Gasteiger partial charge in [0.1, 0.15) is 5.82 Å². The van der Waals surface area contributed by atoms with Crippen molar-refractivity contribution in [2.75, 3.05) is 13.1 Å². The first-order valence-corrected chi connectivity index (χ1v) is 7.25. The molecule has 8 heteroatoms. The number of benzene rings is 1. The van der Waals surface area contributed by atoms with Crippen molar-refractivity contribution in [2.45, 2.75) is 18.6 Å². The number of hydrogen-bond acceptors (Lipinski definition) is 2. The molecule has 0 aliphatic carbocycles. The van der Waals surface area contributed by atoms with Gasteiger partial charge in [0, 0.05) is 24.6 Å². The third kappa shape index (κ3) is 4.12. The number of amides is 2. The molecule has 4 nitrogen and oxygen atoms in total. The van der Waals surface area contributed by atoms with Gasteiger partial charge in [0.05, 0.1) is 6.04 Å². The summed E-state index contributed by atoms with van der Waals surface area (Å²) >= 11 is 0. The molecule has 1 aliphatic rings. The zero-order valence-electron chi connectivity index (χ0n) is 12.6. The number of likely N-dealkylation sites (tertiary alicyclic amines) is 1. The smallest absolute Gasteiger partial charge is 0.343 e. The van der Waals surface area contributed by atoms with Crippen LogP contribution in [0.5, 0.6) is 0 Å². The van der Waals surface area contributed by atoms with Gasteiger partial charge < -0.3 is 10.2 Å². The molecule has 2 atom stereocenters. The molecule has 1 aromatic rings. The van der Waals surface area contributed by atoms with E-state index >= 15 is 0 Å². The number of hydrogen-bond donors (Lipinski definition) is 1. The highest BCUT2D eigenvalue weighted by Gasteiger charge is 2.43. The molecule has 24 heavy (non-hydrogen) atoms. The van der Waals surface area contributed by atoms with Crippen LogP contribution in [0.4, 0.5) is 17.6 Å². The molecule has 130 valence electrons. The van der Waals surface area contributed by atoms with E-state index in [2.05, 4.69) is 6.58 Å². The summed E-state index contributed by atoms with van der Waals surface area (Å²) in [7, 11) is 0. The summed E-state index contributed by atoms with van der Waals surface area (Å²) in [4.78, 5) is 24.9. The minimum Gasteiger partial charge on any atom is -0.343 e. The number of rotatable bonds is 4. The number of nitrogens with one attached hydrogen (secondary N) is 1. The maximum Gasteiger partial charge on any atom is 0.471 e. The number of allylic oxidation sites excluding steroid dienone is 1. The maximum absolute atomic E-state index is 12.9. The summed E-state index contributed by atoms with van der Waals surface area (Å²) in [5.41, 5.74) is 0.233. The van der Waals surface area contributed by atoms with Crippen LogP contribution in [0.25, 0.3) is 0 Å². The summed E-state index contributed by atoms with van der Waals surface area (Å²) in [5, 5.41) is 1.93. The van der Waals surface area contributed by atoms with Crippen molar-refractivity contribution < 1.29 is 27.2 Å². The van der Waals surface area contributed by atoms with Crippen LogP contribution >= 0.6 is 0 Å². The van der Waals surface area contributed by atoms with Crippen molar-refractivity contribution in [3.63, 3.8) is 0 Å². The topological polar surface area (TPSA) is 49.4 Å². The molecule has 1 fully saturated rings. The predicted molar refractivity (Wildman–Crippen MR) is 78.6 cm³/mol. The molecule has 1 aliphatic heterocycles. The third-order valence-electron chi connectivity index (χ3n) is 3.86. The zero-order chi connectivity index (χ0) is 17.9. The van der Waals surface area contributed by atoms with Gasteiger partial charge in [0.15, 0.2) is 0 Å². The molecular weight excluding hydrogens is 328 g/mol. The molecule has 0 spiro atoms. The van der Waals surface area contributed by atoms with E-state index in [0.717, 1.165) is 12.1 Å². The summed E-state index contributed by atoms with van der Waals surface area (Å²) in [6.45, 7) is 3.68. The first-order chi connectivity index (χ1) is 11.2. The second-order valence-corrected chi connectivity index (χ2v) is 5.58. The standard InChI is InChI=1S/C16H16F4N2O2/c1-2-3-11-8-22(9-13(11)21-15(24)16(18,19)20)14(23)10-4-6-12(17)7-5-10/h2,4-7,11,13H,1,3,8-9H2,(H,21,24)/t11-,13-/m0/s1. The van der Waals surface area contributed by atoms with Crippen LogP contribution in [0.2, 0.25) is 0 Å².